The molecule has 0 saturated heterocycles. The first-order valence-electron chi connectivity index (χ1n) is 5.80. The molecule has 0 unspecified atom stereocenters. The van der Waals surface area contributed by atoms with Crippen molar-refractivity contribution >= 4 is 82.1 Å². The number of hydrogen-bond donors (Lipinski definition) is 4. The fourth-order valence-electron chi connectivity index (χ4n) is 1.30. The van der Waals surface area contributed by atoms with Gasteiger partial charge in [0.2, 0.25) is 0 Å². The van der Waals surface area contributed by atoms with E-state index < -0.39 is 46.7 Å². The largest absolute Gasteiger partial charge is 0.476 e. The summed E-state index contributed by atoms with van der Waals surface area (Å²) >= 11 is 0. The van der Waals surface area contributed by atoms with Crippen LogP contribution in [0.15, 0.2) is 24.8 Å². The summed E-state index contributed by atoms with van der Waals surface area (Å²) in [5.74, 6) is -5.61. The summed E-state index contributed by atoms with van der Waals surface area (Å²) in [7, 11) is 0. The van der Waals surface area contributed by atoms with Gasteiger partial charge < -0.3 is 31.4 Å². The van der Waals surface area contributed by atoms with E-state index in [-0.39, 0.29) is 69.1 Å². The average molecular weight is 458 g/mol. The van der Waals surface area contributed by atoms with Crippen molar-refractivity contribution in [3.63, 3.8) is 0 Å². The molecule has 0 atom stereocenters. The maximum Gasteiger partial charge on any atom is 0.357 e. The molecule has 0 fully saturated rings. The van der Waals surface area contributed by atoms with E-state index in [0.717, 1.165) is 24.8 Å². The second-order valence-electron chi connectivity index (χ2n) is 3.73. The van der Waals surface area contributed by atoms with Gasteiger partial charge in [0.05, 0.1) is 0 Å². The maximum absolute atomic E-state index is 10.4. The van der Waals surface area contributed by atoms with Gasteiger partial charge in [-0.05, 0) is 0 Å². The van der Waals surface area contributed by atoms with E-state index in [1.165, 1.54) is 0 Å². The SMILES string of the molecule is O.O.O=C(O)c1nccnc1C(=O)O.O=C(O)c1nccnc1C(=O)O.[Rb]. The van der Waals surface area contributed by atoms with Gasteiger partial charge in [-0.3, -0.25) is 0 Å². The van der Waals surface area contributed by atoms with Gasteiger partial charge in [0.15, 0.2) is 22.8 Å². The number of rotatable bonds is 4. The van der Waals surface area contributed by atoms with Crippen molar-refractivity contribution in [2.75, 3.05) is 0 Å². The van der Waals surface area contributed by atoms with Crippen molar-refractivity contribution < 1.29 is 50.6 Å². The standard InChI is InChI=1S/2C6H4N2O4.2H2O.Rb/c2*9-5(10)3-4(6(11)12)8-2-1-7-3;;;/h2*1-2H,(H,9,10)(H,11,12);2*1H2;. The molecule has 15 heteroatoms. The van der Waals surface area contributed by atoms with E-state index in [1.807, 2.05) is 0 Å². The molecule has 0 spiro atoms. The number of aromatic nitrogens is 4. The van der Waals surface area contributed by atoms with Crippen LogP contribution in [-0.2, 0) is 0 Å². The maximum atomic E-state index is 10.4. The van der Waals surface area contributed by atoms with Gasteiger partial charge in [0.25, 0.3) is 0 Å². The summed E-state index contributed by atoms with van der Waals surface area (Å²) in [5.41, 5.74) is -2.20. The summed E-state index contributed by atoms with van der Waals surface area (Å²) < 4.78 is 0. The molecule has 1 radical (unpaired) electrons. The third kappa shape index (κ3) is 8.80. The second-order valence-corrected chi connectivity index (χ2v) is 3.73. The minimum Gasteiger partial charge on any atom is -0.476 e. The van der Waals surface area contributed by atoms with Crippen molar-refractivity contribution in [2.45, 2.75) is 0 Å². The summed E-state index contributed by atoms with van der Waals surface area (Å²) in [6.07, 6.45) is 4.48. The molecule has 2 rings (SSSR count). The zero-order valence-electron chi connectivity index (χ0n) is 13.5. The van der Waals surface area contributed by atoms with Crippen LogP contribution in [0.1, 0.15) is 42.0 Å². The van der Waals surface area contributed by atoms with Crippen molar-refractivity contribution in [3.8, 4) is 0 Å². The molecule has 0 aliphatic carbocycles. The Labute approximate surface area is 198 Å². The molecule has 27 heavy (non-hydrogen) atoms. The predicted octanol–water partition coefficient (Wildman–Crippen LogP) is -2.28. The number of carbonyl (C=O) groups is 4. The van der Waals surface area contributed by atoms with Gasteiger partial charge in [-0.15, -0.1) is 0 Å². The van der Waals surface area contributed by atoms with Gasteiger partial charge in [0, 0.05) is 83.0 Å². The van der Waals surface area contributed by atoms with Gasteiger partial charge >= 0.3 is 23.9 Å². The molecule has 8 N–H and O–H groups in total. The molecule has 0 bridgehead atoms. The van der Waals surface area contributed by atoms with Crippen LogP contribution in [0.2, 0.25) is 0 Å². The topological polar surface area (TPSA) is 264 Å². The fourth-order valence-corrected chi connectivity index (χ4v) is 1.30. The van der Waals surface area contributed by atoms with E-state index in [1.54, 1.807) is 0 Å². The Kier molecular flexibility index (Phi) is 15.2. The fraction of sp³-hybridized carbons (Fsp3) is 0. The summed E-state index contributed by atoms with van der Waals surface area (Å²) in [5, 5.41) is 33.8. The van der Waals surface area contributed by atoms with Crippen LogP contribution in [0, 0.1) is 0 Å². The molecule has 14 nitrogen and oxygen atoms in total. The number of nitrogens with zero attached hydrogens (tertiary/aromatic N) is 4. The Hall–Kier alpha value is -2.23. The third-order valence-corrected chi connectivity index (χ3v) is 2.21. The van der Waals surface area contributed by atoms with Crippen LogP contribution in [0.4, 0.5) is 0 Å². The Balaban J connectivity index is -0.000000384. The Morgan fingerprint density at radius 2 is 0.667 bits per heavy atom. The number of hydrogen-bond acceptors (Lipinski definition) is 8. The molecule has 0 aliphatic rings. The van der Waals surface area contributed by atoms with Crippen LogP contribution >= 0.6 is 0 Å². The molecule has 0 amide bonds. The Morgan fingerprint density at radius 3 is 0.778 bits per heavy atom. The van der Waals surface area contributed by atoms with Crippen molar-refractivity contribution in [1.29, 1.82) is 0 Å². The minimum absolute atomic E-state index is 0. The van der Waals surface area contributed by atoms with E-state index in [9.17, 15) is 19.2 Å². The number of aromatic carboxylic acids is 4. The van der Waals surface area contributed by atoms with Crippen LogP contribution in [0.5, 0.6) is 0 Å². The summed E-state index contributed by atoms with van der Waals surface area (Å²) in [6.45, 7) is 0. The summed E-state index contributed by atoms with van der Waals surface area (Å²) in [4.78, 5) is 54.9. The van der Waals surface area contributed by atoms with Crippen LogP contribution < -0.4 is 0 Å². The molecular weight excluding hydrogens is 446 g/mol. The average Bonchev–Trinajstić information content (AvgIpc) is 2.55. The molecule has 0 aliphatic heterocycles. The van der Waals surface area contributed by atoms with Crippen LogP contribution in [0.3, 0.4) is 0 Å². The molecule has 0 saturated carbocycles. The van der Waals surface area contributed by atoms with Crippen molar-refractivity contribution in [2.24, 2.45) is 0 Å². The zero-order chi connectivity index (χ0) is 18.3. The first-order valence-corrected chi connectivity index (χ1v) is 5.80. The first-order chi connectivity index (χ1) is 11.3. The molecule has 0 aromatic carbocycles. The minimum atomic E-state index is -1.40. The van der Waals surface area contributed by atoms with Gasteiger partial charge in [0.1, 0.15) is 0 Å². The van der Waals surface area contributed by atoms with Gasteiger partial charge in [-0.1, -0.05) is 0 Å². The molecule has 2 aromatic heterocycles. The Bertz CT molecular complexity index is 683. The van der Waals surface area contributed by atoms with E-state index in [2.05, 4.69) is 19.9 Å². The Morgan fingerprint density at radius 1 is 0.519 bits per heavy atom. The van der Waals surface area contributed by atoms with Crippen molar-refractivity contribution in [1.82, 2.24) is 19.9 Å². The van der Waals surface area contributed by atoms with E-state index in [0.29, 0.717) is 0 Å². The van der Waals surface area contributed by atoms with Gasteiger partial charge in [-0.25, -0.2) is 39.1 Å². The summed E-state index contributed by atoms with van der Waals surface area (Å²) in [6, 6.07) is 0. The molecule has 141 valence electrons. The van der Waals surface area contributed by atoms with Crippen LogP contribution in [-0.4, -0.2) is 133 Å². The van der Waals surface area contributed by atoms with Gasteiger partial charge in [-0.2, -0.15) is 0 Å². The van der Waals surface area contributed by atoms with E-state index >= 15 is 0 Å². The smallest absolute Gasteiger partial charge is 0.357 e. The first kappa shape index (κ1) is 29.5. The number of carboxylic acid groups (broad SMARTS) is 4. The quantitative estimate of drug-likeness (QED) is 0.378. The van der Waals surface area contributed by atoms with Crippen molar-refractivity contribution in [3.05, 3.63) is 47.6 Å². The normalized spacial score (nSPS) is 8.30. The van der Waals surface area contributed by atoms with Crippen LogP contribution in [0.25, 0.3) is 0 Å². The molecular formula is C12H12N4O10Rb. The predicted molar refractivity (Wildman–Crippen MR) is 84.9 cm³/mol. The van der Waals surface area contributed by atoms with E-state index in [4.69, 9.17) is 20.4 Å². The molecule has 2 aromatic rings. The monoisotopic (exact) mass is 457 g/mol. The zero-order valence-corrected chi connectivity index (χ0v) is 18.4. The second kappa shape index (κ2) is 13.9. The molecule has 2 heterocycles. The third-order valence-electron chi connectivity index (χ3n) is 2.21. The number of carboxylic acids is 4.